The number of hydrogen-bond donors (Lipinski definition) is 3. The summed E-state index contributed by atoms with van der Waals surface area (Å²) in [4.78, 5) is 4.19. The maximum atomic E-state index is 8.80. The zero-order valence-electron chi connectivity index (χ0n) is 8.97. The van der Waals surface area contributed by atoms with Crippen molar-refractivity contribution < 1.29 is 0 Å². The Morgan fingerprint density at radius 2 is 2.13 bits per heavy atom. The van der Waals surface area contributed by atoms with E-state index < -0.39 is 0 Å². The molecule has 0 saturated carbocycles. The summed E-state index contributed by atoms with van der Waals surface area (Å²) in [7, 11) is 0. The molecular formula is C10H13N5. The van der Waals surface area contributed by atoms with Gasteiger partial charge in [-0.1, -0.05) is 0 Å². The number of nitrogens with two attached hydrogens (primary N) is 1. The summed E-state index contributed by atoms with van der Waals surface area (Å²) >= 11 is 0. The van der Waals surface area contributed by atoms with Crippen LogP contribution in [0.1, 0.15) is 20.8 Å². The van der Waals surface area contributed by atoms with Crippen LogP contribution >= 0.6 is 0 Å². The molecule has 0 aromatic rings. The lowest BCUT2D eigenvalue weighted by Crippen LogP contribution is -2.28. The van der Waals surface area contributed by atoms with E-state index in [0.717, 1.165) is 0 Å². The first-order valence-corrected chi connectivity index (χ1v) is 4.46. The molecule has 0 aromatic heterocycles. The van der Waals surface area contributed by atoms with Gasteiger partial charge in [0.25, 0.3) is 0 Å². The third kappa shape index (κ3) is 2.05. The van der Waals surface area contributed by atoms with Crippen LogP contribution in [0.4, 0.5) is 0 Å². The molecule has 1 heterocycles. The van der Waals surface area contributed by atoms with E-state index in [-0.39, 0.29) is 0 Å². The quantitative estimate of drug-likeness (QED) is 0.555. The van der Waals surface area contributed by atoms with Crippen molar-refractivity contribution in [2.75, 3.05) is 0 Å². The molecule has 0 fully saturated rings. The molecule has 0 amide bonds. The molecule has 0 spiro atoms. The summed E-state index contributed by atoms with van der Waals surface area (Å²) in [5, 5.41) is 19.1. The average molecular weight is 203 g/mol. The lowest BCUT2D eigenvalue weighted by molar-refractivity contribution is 0.892. The zero-order valence-corrected chi connectivity index (χ0v) is 8.97. The summed E-state index contributed by atoms with van der Waals surface area (Å²) in [6, 6.07) is 1.98. The molecule has 5 nitrogen and oxygen atoms in total. The highest BCUT2D eigenvalue weighted by Gasteiger charge is 2.16. The number of allylic oxidation sites excluding steroid dienone is 2. The second-order valence-electron chi connectivity index (χ2n) is 3.32. The van der Waals surface area contributed by atoms with Crippen LogP contribution in [0.5, 0.6) is 0 Å². The van der Waals surface area contributed by atoms with Gasteiger partial charge in [-0.3, -0.25) is 0 Å². The Hall–Kier alpha value is -2.09. The maximum absolute atomic E-state index is 8.80. The molecule has 0 atom stereocenters. The van der Waals surface area contributed by atoms with E-state index in [0.29, 0.717) is 34.2 Å². The first-order valence-electron chi connectivity index (χ1n) is 4.46. The number of rotatable bonds is 1. The van der Waals surface area contributed by atoms with Crippen molar-refractivity contribution in [2.45, 2.75) is 20.8 Å². The van der Waals surface area contributed by atoms with Gasteiger partial charge < -0.3 is 16.5 Å². The van der Waals surface area contributed by atoms with E-state index in [1.54, 1.807) is 20.8 Å². The first-order chi connectivity index (χ1) is 6.97. The van der Waals surface area contributed by atoms with E-state index in [9.17, 15) is 0 Å². The van der Waals surface area contributed by atoms with Crippen LogP contribution in [0.15, 0.2) is 27.8 Å². The monoisotopic (exact) mass is 203 g/mol. The highest BCUT2D eigenvalue weighted by molar-refractivity contribution is 6.04. The first kappa shape index (κ1) is 11.0. The van der Waals surface area contributed by atoms with Crippen LogP contribution in [-0.2, 0) is 0 Å². The van der Waals surface area contributed by atoms with E-state index >= 15 is 0 Å². The Bertz CT molecular complexity index is 445. The fraction of sp³-hybridized carbons (Fsp3) is 0.300. The normalized spacial score (nSPS) is 18.9. The van der Waals surface area contributed by atoms with Gasteiger partial charge in [-0.25, -0.2) is 4.99 Å². The molecule has 0 bridgehead atoms. The Labute approximate surface area is 88.5 Å². The predicted octanol–water partition coefficient (Wildman–Crippen LogP) is 1.02. The number of nitrogens with zero attached hydrogens (tertiary/aromatic N) is 2. The van der Waals surface area contributed by atoms with Crippen LogP contribution in [0.25, 0.3) is 0 Å². The molecule has 5 heteroatoms. The van der Waals surface area contributed by atoms with Gasteiger partial charge in [-0.05, 0) is 20.8 Å². The fourth-order valence-electron chi connectivity index (χ4n) is 1.13. The van der Waals surface area contributed by atoms with Gasteiger partial charge >= 0.3 is 0 Å². The van der Waals surface area contributed by atoms with Gasteiger partial charge in [0.05, 0.1) is 5.71 Å². The standard InChI is InChI=1S/C10H13N5/c1-5(6(2)12)10-14-7(3)8(4-11)9(13)15-10/h12,15H,13H2,1-3H3/b10-5-,12-6?. The Kier molecular flexibility index (Phi) is 2.90. The number of nitrogens with one attached hydrogen (secondary N) is 2. The molecule has 0 aromatic carbocycles. The average Bonchev–Trinajstić information content (AvgIpc) is 2.15. The van der Waals surface area contributed by atoms with Crippen LogP contribution in [0, 0.1) is 16.7 Å². The lowest BCUT2D eigenvalue weighted by atomic mass is 10.1. The summed E-state index contributed by atoms with van der Waals surface area (Å²) in [6.45, 7) is 5.18. The van der Waals surface area contributed by atoms with E-state index in [4.69, 9.17) is 16.4 Å². The molecule has 0 saturated heterocycles. The number of aliphatic imine (C=N–C) groups is 1. The Morgan fingerprint density at radius 1 is 1.53 bits per heavy atom. The lowest BCUT2D eigenvalue weighted by Gasteiger charge is -2.17. The smallest absolute Gasteiger partial charge is 0.136 e. The van der Waals surface area contributed by atoms with Crippen LogP contribution in [0.2, 0.25) is 0 Å². The molecule has 1 rings (SSSR count). The van der Waals surface area contributed by atoms with Crippen molar-refractivity contribution in [3.05, 3.63) is 22.8 Å². The van der Waals surface area contributed by atoms with Crippen molar-refractivity contribution in [2.24, 2.45) is 10.7 Å². The third-order valence-corrected chi connectivity index (χ3v) is 2.19. The van der Waals surface area contributed by atoms with Crippen LogP contribution < -0.4 is 11.1 Å². The Morgan fingerprint density at radius 3 is 2.53 bits per heavy atom. The van der Waals surface area contributed by atoms with E-state index in [2.05, 4.69) is 10.3 Å². The van der Waals surface area contributed by atoms with Crippen LogP contribution in [-0.4, -0.2) is 11.4 Å². The van der Waals surface area contributed by atoms with Gasteiger partial charge in [-0.2, -0.15) is 5.26 Å². The van der Waals surface area contributed by atoms with E-state index in [1.165, 1.54) is 0 Å². The second-order valence-corrected chi connectivity index (χ2v) is 3.32. The molecule has 0 unspecified atom stereocenters. The SMILES string of the molecule is CC(=N)/C(C)=C1/N=C(C)C(C#N)=C(N)N1. The number of hydrogen-bond acceptors (Lipinski definition) is 5. The molecule has 1 aliphatic heterocycles. The molecule has 0 radical (unpaired) electrons. The second kappa shape index (κ2) is 3.96. The zero-order chi connectivity index (χ0) is 11.6. The van der Waals surface area contributed by atoms with Gasteiger partial charge in [0.1, 0.15) is 23.3 Å². The Balaban J connectivity index is 3.21. The van der Waals surface area contributed by atoms with Gasteiger partial charge in [0.2, 0.25) is 0 Å². The molecule has 78 valence electrons. The van der Waals surface area contributed by atoms with Crippen molar-refractivity contribution in [3.63, 3.8) is 0 Å². The number of nitriles is 1. The summed E-state index contributed by atoms with van der Waals surface area (Å²) in [5.41, 5.74) is 7.73. The minimum absolute atomic E-state index is 0.292. The summed E-state index contributed by atoms with van der Waals surface area (Å²) in [5.74, 6) is 0.831. The van der Waals surface area contributed by atoms with Crippen molar-refractivity contribution in [1.82, 2.24) is 5.32 Å². The van der Waals surface area contributed by atoms with Crippen molar-refractivity contribution in [1.29, 1.82) is 10.7 Å². The van der Waals surface area contributed by atoms with Gasteiger partial charge in [0.15, 0.2) is 0 Å². The molecule has 0 aliphatic carbocycles. The van der Waals surface area contributed by atoms with Crippen LogP contribution in [0.3, 0.4) is 0 Å². The predicted molar refractivity (Wildman–Crippen MR) is 59.2 cm³/mol. The molecule has 4 N–H and O–H groups in total. The van der Waals surface area contributed by atoms with Crippen molar-refractivity contribution in [3.8, 4) is 6.07 Å². The van der Waals surface area contributed by atoms with E-state index in [1.807, 2.05) is 6.07 Å². The van der Waals surface area contributed by atoms with Gasteiger partial charge in [-0.15, -0.1) is 0 Å². The molecule has 15 heavy (non-hydrogen) atoms. The highest BCUT2D eigenvalue weighted by atomic mass is 15.1. The van der Waals surface area contributed by atoms with Gasteiger partial charge in [0, 0.05) is 11.3 Å². The minimum atomic E-state index is 0.292. The highest BCUT2D eigenvalue weighted by Crippen LogP contribution is 2.14. The largest absolute Gasteiger partial charge is 0.384 e. The summed E-state index contributed by atoms with van der Waals surface area (Å²) in [6.07, 6.45) is 0. The molecule has 1 aliphatic rings. The molecular weight excluding hydrogens is 190 g/mol. The fourth-order valence-corrected chi connectivity index (χ4v) is 1.13. The third-order valence-electron chi connectivity index (χ3n) is 2.19. The maximum Gasteiger partial charge on any atom is 0.136 e. The topological polar surface area (TPSA) is 98.0 Å². The minimum Gasteiger partial charge on any atom is -0.384 e. The van der Waals surface area contributed by atoms with Crippen molar-refractivity contribution >= 4 is 11.4 Å². The summed E-state index contributed by atoms with van der Waals surface area (Å²) < 4.78 is 0.